The van der Waals surface area contributed by atoms with Gasteiger partial charge in [0, 0.05) is 19.0 Å². The van der Waals surface area contributed by atoms with Gasteiger partial charge in [0.25, 0.3) is 0 Å². The van der Waals surface area contributed by atoms with Crippen molar-refractivity contribution in [1.29, 1.82) is 0 Å². The molecule has 1 aliphatic rings. The maximum atomic E-state index is 14.5. The minimum absolute atomic E-state index is 0.349. The molecule has 0 N–H and O–H groups in total. The highest BCUT2D eigenvalue weighted by molar-refractivity contribution is 5.57. The number of aryl methyl sites for hydroxylation is 1. The molecule has 122 valence electrons. The number of nitrogens with zero attached hydrogens (tertiary/aromatic N) is 3. The van der Waals surface area contributed by atoms with Crippen LogP contribution in [0.5, 0.6) is 5.75 Å². The molecule has 1 saturated carbocycles. The van der Waals surface area contributed by atoms with E-state index in [1.807, 2.05) is 30.3 Å². The molecule has 0 spiro atoms. The van der Waals surface area contributed by atoms with Crippen LogP contribution >= 0.6 is 0 Å². The topological polar surface area (TPSA) is 39.9 Å². The van der Waals surface area contributed by atoms with E-state index < -0.39 is 0 Å². The molecule has 0 amide bonds. The van der Waals surface area contributed by atoms with Crippen molar-refractivity contribution in [2.45, 2.75) is 25.4 Å². The van der Waals surface area contributed by atoms with Gasteiger partial charge in [0.2, 0.25) is 0 Å². The molecule has 3 aromatic rings. The van der Waals surface area contributed by atoms with Crippen molar-refractivity contribution >= 4 is 0 Å². The van der Waals surface area contributed by atoms with Crippen LogP contribution in [0, 0.1) is 5.82 Å². The van der Waals surface area contributed by atoms with Crippen molar-refractivity contribution in [2.24, 2.45) is 7.05 Å². The summed E-state index contributed by atoms with van der Waals surface area (Å²) in [6.07, 6.45) is 2.25. The van der Waals surface area contributed by atoms with Gasteiger partial charge in [-0.05, 0) is 30.5 Å². The number of aromatic nitrogens is 3. The van der Waals surface area contributed by atoms with E-state index in [0.717, 1.165) is 24.2 Å². The van der Waals surface area contributed by atoms with Crippen LogP contribution in [-0.4, -0.2) is 14.8 Å². The summed E-state index contributed by atoms with van der Waals surface area (Å²) in [7, 11) is 1.80. The molecule has 1 aliphatic carbocycles. The first-order chi connectivity index (χ1) is 11.7. The molecular weight excluding hydrogens is 305 g/mol. The molecule has 0 atom stereocenters. The first kappa shape index (κ1) is 14.9. The summed E-state index contributed by atoms with van der Waals surface area (Å²) in [5, 5.41) is 4.40. The smallest absolute Gasteiger partial charge is 0.161 e. The third kappa shape index (κ3) is 3.02. The van der Waals surface area contributed by atoms with E-state index in [0.29, 0.717) is 29.7 Å². The van der Waals surface area contributed by atoms with Crippen LogP contribution in [0.1, 0.15) is 30.1 Å². The molecule has 1 aromatic heterocycles. The molecule has 24 heavy (non-hydrogen) atoms. The van der Waals surface area contributed by atoms with Gasteiger partial charge in [-0.15, -0.1) is 0 Å². The molecule has 0 saturated heterocycles. The fourth-order valence-electron chi connectivity index (χ4n) is 2.66. The summed E-state index contributed by atoms with van der Waals surface area (Å²) in [5.74, 6) is 1.98. The van der Waals surface area contributed by atoms with Crippen LogP contribution in [0.4, 0.5) is 4.39 Å². The fourth-order valence-corrected chi connectivity index (χ4v) is 2.66. The van der Waals surface area contributed by atoms with Gasteiger partial charge in [-0.1, -0.05) is 30.3 Å². The van der Waals surface area contributed by atoms with E-state index in [4.69, 9.17) is 4.74 Å². The Kier molecular flexibility index (Phi) is 3.76. The van der Waals surface area contributed by atoms with Gasteiger partial charge in [-0.25, -0.2) is 14.1 Å². The highest BCUT2D eigenvalue weighted by Gasteiger charge is 2.29. The fraction of sp³-hybridized carbons (Fsp3) is 0.263. The second kappa shape index (κ2) is 6.07. The lowest BCUT2D eigenvalue weighted by Crippen LogP contribution is -1.99. The normalized spacial score (nSPS) is 13.9. The Morgan fingerprint density at radius 2 is 1.96 bits per heavy atom. The van der Waals surface area contributed by atoms with Crippen molar-refractivity contribution in [1.82, 2.24) is 14.8 Å². The van der Waals surface area contributed by atoms with E-state index in [1.165, 1.54) is 6.07 Å². The Morgan fingerprint density at radius 1 is 1.17 bits per heavy atom. The number of hydrogen-bond acceptors (Lipinski definition) is 3. The molecule has 0 bridgehead atoms. The first-order valence-electron chi connectivity index (χ1n) is 8.08. The molecule has 5 heteroatoms. The molecule has 1 fully saturated rings. The molecular formula is C19H18FN3O. The van der Waals surface area contributed by atoms with Crippen molar-refractivity contribution in [3.8, 4) is 17.1 Å². The maximum absolute atomic E-state index is 14.5. The van der Waals surface area contributed by atoms with Crippen LogP contribution < -0.4 is 4.74 Å². The van der Waals surface area contributed by atoms with Gasteiger partial charge in [-0.3, -0.25) is 0 Å². The summed E-state index contributed by atoms with van der Waals surface area (Å²) < 4.78 is 21.8. The van der Waals surface area contributed by atoms with E-state index in [-0.39, 0.29) is 5.82 Å². The molecule has 2 aromatic carbocycles. The molecule has 1 heterocycles. The summed E-state index contributed by atoms with van der Waals surface area (Å²) in [4.78, 5) is 4.50. The van der Waals surface area contributed by atoms with Gasteiger partial charge in [0.05, 0.1) is 5.56 Å². The van der Waals surface area contributed by atoms with Crippen LogP contribution in [-0.2, 0) is 13.7 Å². The zero-order chi connectivity index (χ0) is 16.5. The first-order valence-corrected chi connectivity index (χ1v) is 8.08. The second-order valence-electron chi connectivity index (χ2n) is 6.11. The second-order valence-corrected chi connectivity index (χ2v) is 6.11. The summed E-state index contributed by atoms with van der Waals surface area (Å²) in [5.41, 5.74) is 1.49. The van der Waals surface area contributed by atoms with Gasteiger partial charge < -0.3 is 4.74 Å². The zero-order valence-electron chi connectivity index (χ0n) is 13.4. The zero-order valence-corrected chi connectivity index (χ0v) is 13.4. The minimum Gasteiger partial charge on any atom is -0.489 e. The average molecular weight is 323 g/mol. The highest BCUT2D eigenvalue weighted by atomic mass is 19.1. The largest absolute Gasteiger partial charge is 0.489 e. The minimum atomic E-state index is -0.349. The van der Waals surface area contributed by atoms with Crippen LogP contribution in [0.25, 0.3) is 11.4 Å². The third-order valence-electron chi connectivity index (χ3n) is 4.15. The Hall–Kier alpha value is -2.69. The van der Waals surface area contributed by atoms with Crippen molar-refractivity contribution in [3.05, 3.63) is 65.7 Å². The molecule has 0 radical (unpaired) electrons. The summed E-state index contributed by atoms with van der Waals surface area (Å²) in [6, 6.07) is 14.7. The lowest BCUT2D eigenvalue weighted by Gasteiger charge is -2.08. The number of hydrogen-bond donors (Lipinski definition) is 0. The van der Waals surface area contributed by atoms with E-state index >= 15 is 0 Å². The van der Waals surface area contributed by atoms with Crippen LogP contribution in [0.2, 0.25) is 0 Å². The highest BCUT2D eigenvalue weighted by Crippen LogP contribution is 2.39. The number of ether oxygens (including phenoxy) is 1. The van der Waals surface area contributed by atoms with Crippen LogP contribution in [0.15, 0.2) is 48.5 Å². The average Bonchev–Trinajstić information content (AvgIpc) is 3.37. The van der Waals surface area contributed by atoms with Gasteiger partial charge in [0.15, 0.2) is 11.6 Å². The Balaban J connectivity index is 1.53. The SMILES string of the molecule is Cn1nc(C2CC2)nc1-c1ccc(OCc2ccccc2)cc1F. The van der Waals surface area contributed by atoms with Crippen molar-refractivity contribution < 1.29 is 9.13 Å². The maximum Gasteiger partial charge on any atom is 0.161 e. The third-order valence-corrected chi connectivity index (χ3v) is 4.15. The standard InChI is InChI=1S/C19H18FN3O/c1-23-19(21-18(22-23)14-7-8-14)16-10-9-15(11-17(16)20)24-12-13-5-3-2-4-6-13/h2-6,9-11,14H,7-8,12H2,1H3. The van der Waals surface area contributed by atoms with Gasteiger partial charge in [0.1, 0.15) is 18.2 Å². The number of rotatable bonds is 5. The predicted octanol–water partition coefficient (Wildman–Crippen LogP) is 4.08. The monoisotopic (exact) mass is 323 g/mol. The quantitative estimate of drug-likeness (QED) is 0.710. The lowest BCUT2D eigenvalue weighted by molar-refractivity contribution is 0.304. The Morgan fingerprint density at radius 3 is 2.67 bits per heavy atom. The van der Waals surface area contributed by atoms with Crippen molar-refractivity contribution in [3.63, 3.8) is 0 Å². The van der Waals surface area contributed by atoms with Gasteiger partial charge >= 0.3 is 0 Å². The Bertz CT molecular complexity index is 856. The predicted molar refractivity (Wildman–Crippen MR) is 89.1 cm³/mol. The lowest BCUT2D eigenvalue weighted by atomic mass is 10.2. The number of halogens is 1. The number of benzene rings is 2. The van der Waals surface area contributed by atoms with Crippen molar-refractivity contribution in [2.75, 3.05) is 0 Å². The molecule has 0 unspecified atom stereocenters. The molecule has 4 nitrogen and oxygen atoms in total. The van der Waals surface area contributed by atoms with Gasteiger partial charge in [-0.2, -0.15) is 5.10 Å². The summed E-state index contributed by atoms with van der Waals surface area (Å²) >= 11 is 0. The Labute approximate surface area is 139 Å². The molecule has 0 aliphatic heterocycles. The summed E-state index contributed by atoms with van der Waals surface area (Å²) in [6.45, 7) is 0.412. The molecule has 4 rings (SSSR count). The van der Waals surface area contributed by atoms with E-state index in [1.54, 1.807) is 23.9 Å². The van der Waals surface area contributed by atoms with Crippen LogP contribution in [0.3, 0.4) is 0 Å². The van der Waals surface area contributed by atoms with E-state index in [9.17, 15) is 4.39 Å². The van der Waals surface area contributed by atoms with E-state index in [2.05, 4.69) is 10.1 Å².